The largest absolute Gasteiger partial charge is 0.435 e. The minimum atomic E-state index is -4.55. The van der Waals surface area contributed by atoms with Crippen molar-refractivity contribution in [1.29, 1.82) is 0 Å². The molecule has 3 rings (SSSR count). The van der Waals surface area contributed by atoms with E-state index in [1.807, 2.05) is 12.1 Å². The molecule has 0 atom stereocenters. The maximum atomic E-state index is 12.4. The fourth-order valence-corrected chi connectivity index (χ4v) is 2.61. The van der Waals surface area contributed by atoms with E-state index in [4.69, 9.17) is 0 Å². The topological polar surface area (TPSA) is 54.9 Å². The minimum absolute atomic E-state index is 0.0132. The Balaban J connectivity index is 1.74. The third kappa shape index (κ3) is 3.49. The second-order valence-corrected chi connectivity index (χ2v) is 5.45. The predicted octanol–water partition coefficient (Wildman–Crippen LogP) is 3.63. The Bertz CT molecular complexity index is 726. The lowest BCUT2D eigenvalue weighted by atomic mass is 9.90. The van der Waals surface area contributed by atoms with Gasteiger partial charge in [0, 0.05) is 5.56 Å². The van der Waals surface area contributed by atoms with Crippen LogP contribution < -0.4 is 5.32 Å². The van der Waals surface area contributed by atoms with E-state index in [-0.39, 0.29) is 5.82 Å². The van der Waals surface area contributed by atoms with Crippen molar-refractivity contribution in [3.8, 4) is 0 Å². The monoisotopic (exact) mass is 321 g/mol. The highest BCUT2D eigenvalue weighted by molar-refractivity contribution is 6.03. The van der Waals surface area contributed by atoms with Crippen molar-refractivity contribution in [1.82, 2.24) is 10.2 Å². The number of hydrogen-bond acceptors (Lipinski definition) is 3. The first-order valence-corrected chi connectivity index (χ1v) is 7.27. The van der Waals surface area contributed by atoms with E-state index in [0.29, 0.717) is 5.56 Å². The maximum absolute atomic E-state index is 12.4. The van der Waals surface area contributed by atoms with Crippen molar-refractivity contribution in [2.75, 3.05) is 5.32 Å². The highest BCUT2D eigenvalue weighted by Crippen LogP contribution is 2.27. The molecule has 1 aliphatic carbocycles. The van der Waals surface area contributed by atoms with Crippen LogP contribution in [0, 0.1) is 0 Å². The number of carbonyl (C=O) groups excluding carboxylic acids is 1. The predicted molar refractivity (Wildman–Crippen MR) is 78.1 cm³/mol. The number of nitrogens with one attached hydrogen (secondary N) is 1. The molecule has 4 nitrogen and oxygen atoms in total. The van der Waals surface area contributed by atoms with Crippen molar-refractivity contribution in [3.63, 3.8) is 0 Å². The zero-order chi connectivity index (χ0) is 16.4. The number of nitrogens with zero attached hydrogens (tertiary/aromatic N) is 2. The molecule has 0 saturated heterocycles. The highest BCUT2D eigenvalue weighted by Gasteiger charge is 2.32. The summed E-state index contributed by atoms with van der Waals surface area (Å²) in [5, 5.41) is 8.94. The molecule has 1 amide bonds. The summed E-state index contributed by atoms with van der Waals surface area (Å²) in [6.45, 7) is 0. The second-order valence-electron chi connectivity index (χ2n) is 5.45. The average Bonchev–Trinajstić information content (AvgIpc) is 2.54. The molecule has 120 valence electrons. The summed E-state index contributed by atoms with van der Waals surface area (Å²) < 4.78 is 37.3. The van der Waals surface area contributed by atoms with Gasteiger partial charge in [-0.3, -0.25) is 4.79 Å². The van der Waals surface area contributed by atoms with Crippen LogP contribution >= 0.6 is 0 Å². The van der Waals surface area contributed by atoms with E-state index in [1.165, 1.54) is 5.56 Å². The van der Waals surface area contributed by atoms with E-state index in [2.05, 4.69) is 15.5 Å². The lowest BCUT2D eigenvalue weighted by Crippen LogP contribution is -2.16. The van der Waals surface area contributed by atoms with Gasteiger partial charge in [-0.1, -0.05) is 6.07 Å². The first-order chi connectivity index (χ1) is 10.9. The summed E-state index contributed by atoms with van der Waals surface area (Å²) in [6.07, 6.45) is -0.339. The first-order valence-electron chi connectivity index (χ1n) is 7.27. The van der Waals surface area contributed by atoms with E-state index >= 15 is 0 Å². The van der Waals surface area contributed by atoms with Gasteiger partial charge < -0.3 is 5.32 Å². The number of rotatable bonds is 2. The van der Waals surface area contributed by atoms with Crippen molar-refractivity contribution >= 4 is 11.7 Å². The molecule has 0 bridgehead atoms. The minimum Gasteiger partial charge on any atom is -0.305 e. The molecule has 0 aliphatic heterocycles. The van der Waals surface area contributed by atoms with Crippen LogP contribution in [0.4, 0.5) is 19.0 Å². The summed E-state index contributed by atoms with van der Waals surface area (Å²) in [5.41, 5.74) is 1.78. The number of aromatic nitrogens is 2. The number of aryl methyl sites for hydroxylation is 2. The van der Waals surface area contributed by atoms with E-state index in [1.54, 1.807) is 6.07 Å². The van der Waals surface area contributed by atoms with Crippen molar-refractivity contribution < 1.29 is 18.0 Å². The summed E-state index contributed by atoms with van der Waals surface area (Å²) >= 11 is 0. The van der Waals surface area contributed by atoms with Gasteiger partial charge in [-0.05, 0) is 61.1 Å². The van der Waals surface area contributed by atoms with Gasteiger partial charge >= 0.3 is 6.18 Å². The number of hydrogen-bond donors (Lipinski definition) is 1. The van der Waals surface area contributed by atoms with Crippen LogP contribution in [0.2, 0.25) is 0 Å². The number of alkyl halides is 3. The van der Waals surface area contributed by atoms with Crippen LogP contribution in [0.15, 0.2) is 30.3 Å². The van der Waals surface area contributed by atoms with Gasteiger partial charge in [-0.2, -0.15) is 13.2 Å². The van der Waals surface area contributed by atoms with Gasteiger partial charge in [0.25, 0.3) is 5.91 Å². The third-order valence-corrected chi connectivity index (χ3v) is 3.81. The summed E-state index contributed by atoms with van der Waals surface area (Å²) in [6, 6.07) is 7.36. The van der Waals surface area contributed by atoms with Crippen molar-refractivity contribution in [2.24, 2.45) is 0 Å². The molecule has 7 heteroatoms. The standard InChI is InChI=1S/C16H14F3N3O/c17-16(18,19)13-7-8-14(22-21-13)20-15(23)12-6-5-10-3-1-2-4-11(10)9-12/h5-9H,1-4H2,(H,20,22,23). The van der Waals surface area contributed by atoms with Crippen LogP contribution in [0.3, 0.4) is 0 Å². The van der Waals surface area contributed by atoms with Crippen LogP contribution in [0.5, 0.6) is 0 Å². The van der Waals surface area contributed by atoms with Crippen LogP contribution in [0.1, 0.15) is 40.0 Å². The molecular weight excluding hydrogens is 307 g/mol. The maximum Gasteiger partial charge on any atom is 0.435 e. The molecule has 1 aromatic carbocycles. The van der Waals surface area contributed by atoms with Gasteiger partial charge in [0.05, 0.1) is 0 Å². The Hall–Kier alpha value is -2.44. The zero-order valence-electron chi connectivity index (χ0n) is 12.2. The zero-order valence-corrected chi connectivity index (χ0v) is 12.2. The molecule has 0 radical (unpaired) electrons. The SMILES string of the molecule is O=C(Nc1ccc(C(F)(F)F)nn1)c1ccc2c(c1)CCCC2. The highest BCUT2D eigenvalue weighted by atomic mass is 19.4. The van der Waals surface area contributed by atoms with E-state index < -0.39 is 17.8 Å². The van der Waals surface area contributed by atoms with Gasteiger partial charge in [0.2, 0.25) is 0 Å². The van der Waals surface area contributed by atoms with Crippen molar-refractivity contribution in [3.05, 3.63) is 52.7 Å². The Morgan fingerprint density at radius 1 is 1.00 bits per heavy atom. The number of amides is 1. The van der Waals surface area contributed by atoms with Crippen molar-refractivity contribution in [2.45, 2.75) is 31.9 Å². The first kappa shape index (κ1) is 15.5. The molecule has 1 aliphatic rings. The Labute approximate surface area is 130 Å². The second kappa shape index (κ2) is 5.98. The van der Waals surface area contributed by atoms with E-state index in [9.17, 15) is 18.0 Å². The fraction of sp³-hybridized carbons (Fsp3) is 0.312. The van der Waals surface area contributed by atoms with Gasteiger partial charge in [-0.25, -0.2) is 0 Å². The molecule has 0 fully saturated rings. The number of fused-ring (bicyclic) bond motifs is 1. The Morgan fingerprint density at radius 2 is 1.74 bits per heavy atom. The molecule has 2 aromatic rings. The van der Waals surface area contributed by atoms with Gasteiger partial charge in [0.1, 0.15) is 0 Å². The lowest BCUT2D eigenvalue weighted by Gasteiger charge is -2.16. The molecule has 0 spiro atoms. The number of anilines is 1. The fourth-order valence-electron chi connectivity index (χ4n) is 2.61. The Morgan fingerprint density at radius 3 is 2.39 bits per heavy atom. The third-order valence-electron chi connectivity index (χ3n) is 3.81. The molecule has 1 N–H and O–H groups in total. The summed E-state index contributed by atoms with van der Waals surface area (Å²) in [4.78, 5) is 12.2. The molecule has 1 aromatic heterocycles. The number of benzene rings is 1. The van der Waals surface area contributed by atoms with Gasteiger partial charge in [0.15, 0.2) is 11.5 Å². The molecule has 1 heterocycles. The van der Waals surface area contributed by atoms with Crippen LogP contribution in [0.25, 0.3) is 0 Å². The molecule has 23 heavy (non-hydrogen) atoms. The molecule has 0 unspecified atom stereocenters. The van der Waals surface area contributed by atoms with Gasteiger partial charge in [-0.15, -0.1) is 10.2 Å². The summed E-state index contributed by atoms with van der Waals surface area (Å²) in [5.74, 6) is -0.423. The quantitative estimate of drug-likeness (QED) is 0.919. The van der Waals surface area contributed by atoms with E-state index in [0.717, 1.165) is 43.4 Å². The molecular formula is C16H14F3N3O. The van der Waals surface area contributed by atoms with Crippen LogP contribution in [-0.4, -0.2) is 16.1 Å². The smallest absolute Gasteiger partial charge is 0.305 e. The number of halogens is 3. The summed E-state index contributed by atoms with van der Waals surface area (Å²) in [7, 11) is 0. The van der Waals surface area contributed by atoms with Crippen LogP contribution in [-0.2, 0) is 19.0 Å². The normalized spacial score (nSPS) is 14.2. The average molecular weight is 321 g/mol. The molecule has 0 saturated carbocycles. The lowest BCUT2D eigenvalue weighted by molar-refractivity contribution is -0.141. The number of carbonyl (C=O) groups is 1. The Kier molecular flexibility index (Phi) is 4.02.